The van der Waals surface area contributed by atoms with E-state index in [0.717, 1.165) is 38.6 Å². The van der Waals surface area contributed by atoms with Gasteiger partial charge in [-0.1, -0.05) is 6.42 Å². The van der Waals surface area contributed by atoms with Crippen LogP contribution in [0.25, 0.3) is 0 Å². The Morgan fingerprint density at radius 1 is 1.15 bits per heavy atom. The van der Waals surface area contributed by atoms with Gasteiger partial charge >= 0.3 is 0 Å². The first kappa shape index (κ1) is 12.5. The lowest BCUT2D eigenvalue weighted by Gasteiger charge is -2.45. The molecule has 2 saturated heterocycles. The molecule has 0 radical (unpaired) electrons. The van der Waals surface area contributed by atoms with E-state index in [1.165, 1.54) is 49.4 Å². The normalized spacial score (nSPS) is 27.0. The van der Waals surface area contributed by atoms with E-state index < -0.39 is 0 Å². The second-order valence-electron chi connectivity index (χ2n) is 6.18. The van der Waals surface area contributed by atoms with Crippen LogP contribution in [0.5, 0.6) is 0 Å². The van der Waals surface area contributed by atoms with Crippen molar-refractivity contribution >= 4 is 5.82 Å². The number of nitrogens with zero attached hydrogens (tertiary/aromatic N) is 4. The van der Waals surface area contributed by atoms with E-state index in [1.54, 1.807) is 6.33 Å². The van der Waals surface area contributed by atoms with Crippen LogP contribution >= 0.6 is 0 Å². The van der Waals surface area contributed by atoms with Crippen LogP contribution in [-0.2, 0) is 13.0 Å². The van der Waals surface area contributed by atoms with Crippen LogP contribution in [0.4, 0.5) is 5.82 Å². The molecule has 4 heterocycles. The third kappa shape index (κ3) is 2.19. The zero-order valence-corrected chi connectivity index (χ0v) is 12.0. The van der Waals surface area contributed by atoms with Gasteiger partial charge in [-0.15, -0.1) is 0 Å². The molecule has 3 aliphatic rings. The van der Waals surface area contributed by atoms with Crippen molar-refractivity contribution in [3.8, 4) is 0 Å². The van der Waals surface area contributed by atoms with Gasteiger partial charge in [0.25, 0.3) is 0 Å². The van der Waals surface area contributed by atoms with Crippen molar-refractivity contribution in [2.45, 2.75) is 38.3 Å². The summed E-state index contributed by atoms with van der Waals surface area (Å²) in [6, 6.07) is 0.736. The number of anilines is 1. The number of nitrogens with one attached hydrogen (secondary N) is 1. The molecule has 4 rings (SSSR count). The summed E-state index contributed by atoms with van der Waals surface area (Å²) in [4.78, 5) is 14.3. The van der Waals surface area contributed by atoms with E-state index in [2.05, 4.69) is 25.1 Å². The Kier molecular flexibility index (Phi) is 3.32. The second kappa shape index (κ2) is 5.30. The maximum absolute atomic E-state index is 4.61. The van der Waals surface area contributed by atoms with E-state index in [4.69, 9.17) is 0 Å². The first-order valence-corrected chi connectivity index (χ1v) is 7.94. The fourth-order valence-corrected chi connectivity index (χ4v) is 3.88. The Balaban J connectivity index is 1.58. The van der Waals surface area contributed by atoms with E-state index in [1.807, 2.05) is 0 Å². The van der Waals surface area contributed by atoms with Gasteiger partial charge in [-0.25, -0.2) is 9.97 Å². The van der Waals surface area contributed by atoms with Crippen molar-refractivity contribution in [3.05, 3.63) is 17.6 Å². The summed E-state index contributed by atoms with van der Waals surface area (Å²) in [6.07, 6.45) is 6.91. The number of hydrogen-bond acceptors (Lipinski definition) is 5. The minimum atomic E-state index is 0.736. The highest BCUT2D eigenvalue weighted by atomic mass is 15.3. The van der Waals surface area contributed by atoms with Gasteiger partial charge in [0.15, 0.2) is 0 Å². The summed E-state index contributed by atoms with van der Waals surface area (Å²) in [5.41, 5.74) is 2.59. The molecular formula is C15H23N5. The van der Waals surface area contributed by atoms with Gasteiger partial charge in [-0.05, 0) is 19.4 Å². The number of rotatable bonds is 1. The molecule has 0 spiro atoms. The molecule has 5 heteroatoms. The van der Waals surface area contributed by atoms with Crippen molar-refractivity contribution in [3.63, 3.8) is 0 Å². The van der Waals surface area contributed by atoms with Gasteiger partial charge in [0.1, 0.15) is 12.1 Å². The predicted octanol–water partition coefficient (Wildman–Crippen LogP) is 0.797. The smallest absolute Gasteiger partial charge is 0.136 e. The predicted molar refractivity (Wildman–Crippen MR) is 78.9 cm³/mol. The molecule has 20 heavy (non-hydrogen) atoms. The summed E-state index contributed by atoms with van der Waals surface area (Å²) in [5, 5.41) is 3.46. The monoisotopic (exact) mass is 273 g/mol. The van der Waals surface area contributed by atoms with Crippen molar-refractivity contribution in [1.82, 2.24) is 20.2 Å². The minimum absolute atomic E-state index is 0.736. The van der Waals surface area contributed by atoms with Gasteiger partial charge in [0, 0.05) is 50.7 Å². The average Bonchev–Trinajstić information content (AvgIpc) is 2.54. The molecule has 0 aliphatic carbocycles. The van der Waals surface area contributed by atoms with Crippen LogP contribution in [0.15, 0.2) is 6.33 Å². The van der Waals surface area contributed by atoms with Gasteiger partial charge in [-0.2, -0.15) is 0 Å². The van der Waals surface area contributed by atoms with Crippen LogP contribution in [0.1, 0.15) is 30.5 Å². The lowest BCUT2D eigenvalue weighted by molar-refractivity contribution is 0.133. The quantitative estimate of drug-likeness (QED) is 0.820. The zero-order valence-electron chi connectivity index (χ0n) is 12.0. The number of fused-ring (bicyclic) bond motifs is 2. The van der Waals surface area contributed by atoms with Crippen LogP contribution in [0.2, 0.25) is 0 Å². The number of piperidine rings is 1. The highest BCUT2D eigenvalue weighted by molar-refractivity contribution is 5.50. The molecule has 108 valence electrons. The molecule has 1 unspecified atom stereocenters. The molecule has 1 N–H and O–H groups in total. The first-order chi connectivity index (χ1) is 9.92. The molecule has 0 aromatic carbocycles. The molecule has 0 bridgehead atoms. The molecule has 5 nitrogen and oxygen atoms in total. The van der Waals surface area contributed by atoms with Crippen LogP contribution < -0.4 is 10.2 Å². The molecule has 1 aromatic heterocycles. The van der Waals surface area contributed by atoms with E-state index in [-0.39, 0.29) is 0 Å². The maximum Gasteiger partial charge on any atom is 0.136 e. The molecule has 0 saturated carbocycles. The highest BCUT2D eigenvalue weighted by Crippen LogP contribution is 2.27. The molecule has 1 aromatic rings. The number of aromatic nitrogens is 2. The van der Waals surface area contributed by atoms with Crippen molar-refractivity contribution < 1.29 is 0 Å². The number of piperazine rings is 1. The Morgan fingerprint density at radius 2 is 2.15 bits per heavy atom. The molecule has 2 fully saturated rings. The van der Waals surface area contributed by atoms with Gasteiger partial charge < -0.3 is 10.2 Å². The fraction of sp³-hybridized carbons (Fsp3) is 0.733. The van der Waals surface area contributed by atoms with Gasteiger partial charge in [0.05, 0.1) is 5.69 Å². The summed E-state index contributed by atoms with van der Waals surface area (Å²) >= 11 is 0. The third-order valence-electron chi connectivity index (χ3n) is 4.99. The van der Waals surface area contributed by atoms with Crippen molar-refractivity contribution in [2.75, 3.05) is 37.6 Å². The van der Waals surface area contributed by atoms with Crippen LogP contribution in [0.3, 0.4) is 0 Å². The van der Waals surface area contributed by atoms with Crippen molar-refractivity contribution in [1.29, 1.82) is 0 Å². The third-order valence-corrected chi connectivity index (χ3v) is 4.99. The SMILES string of the molecule is c1nc2c(c(N3CCN4CCCCC4C3)n1)CNCC2. The standard InChI is InChI=1S/C15H23N5/c1-2-6-19-7-8-20(10-12(19)3-1)15-13-9-16-5-4-14(13)17-11-18-15/h11-12,16H,1-10H2. The lowest BCUT2D eigenvalue weighted by Crippen LogP contribution is -2.55. The van der Waals surface area contributed by atoms with Gasteiger partial charge in [0.2, 0.25) is 0 Å². The first-order valence-electron chi connectivity index (χ1n) is 7.94. The Bertz CT molecular complexity index is 489. The molecular weight excluding hydrogens is 250 g/mol. The van der Waals surface area contributed by atoms with Gasteiger partial charge in [-0.3, -0.25) is 4.90 Å². The largest absolute Gasteiger partial charge is 0.353 e. The Labute approximate surface area is 120 Å². The lowest BCUT2D eigenvalue weighted by atomic mass is 9.99. The Hall–Kier alpha value is -1.20. The Morgan fingerprint density at radius 3 is 3.15 bits per heavy atom. The second-order valence-corrected chi connectivity index (χ2v) is 6.18. The van der Waals surface area contributed by atoms with Crippen molar-refractivity contribution in [2.24, 2.45) is 0 Å². The van der Waals surface area contributed by atoms with E-state index in [9.17, 15) is 0 Å². The van der Waals surface area contributed by atoms with Crippen LogP contribution in [0, 0.1) is 0 Å². The summed E-state index contributed by atoms with van der Waals surface area (Å²) in [7, 11) is 0. The summed E-state index contributed by atoms with van der Waals surface area (Å²) in [5.74, 6) is 1.19. The van der Waals surface area contributed by atoms with E-state index >= 15 is 0 Å². The highest BCUT2D eigenvalue weighted by Gasteiger charge is 2.31. The fourth-order valence-electron chi connectivity index (χ4n) is 3.88. The number of hydrogen-bond donors (Lipinski definition) is 1. The average molecular weight is 273 g/mol. The topological polar surface area (TPSA) is 44.3 Å². The summed E-state index contributed by atoms with van der Waals surface area (Å²) < 4.78 is 0. The summed E-state index contributed by atoms with van der Waals surface area (Å²) in [6.45, 7) is 6.71. The minimum Gasteiger partial charge on any atom is -0.353 e. The van der Waals surface area contributed by atoms with E-state index in [0.29, 0.717) is 0 Å². The van der Waals surface area contributed by atoms with Crippen LogP contribution in [-0.4, -0.2) is 53.6 Å². The molecule has 0 amide bonds. The maximum atomic E-state index is 4.61. The molecule has 3 aliphatic heterocycles. The zero-order chi connectivity index (χ0) is 13.4. The molecule has 1 atom stereocenters.